The molecular weight excluding hydrogens is 194 g/mol. The van der Waals surface area contributed by atoms with Gasteiger partial charge in [-0.3, -0.25) is 9.48 Å². The summed E-state index contributed by atoms with van der Waals surface area (Å²) in [4.78, 5) is 11.2. The largest absolute Gasteiger partial charge is 0.358 e. The molecule has 78 valence electrons. The predicted octanol–water partition coefficient (Wildman–Crippen LogP) is -0.135. The summed E-state index contributed by atoms with van der Waals surface area (Å²) in [6.07, 6.45) is 4.96. The van der Waals surface area contributed by atoms with Crippen LogP contribution in [0.1, 0.15) is 0 Å². The van der Waals surface area contributed by atoms with Gasteiger partial charge in [-0.15, -0.1) is 0 Å². The number of aromatic nitrogens is 2. The fourth-order valence-electron chi connectivity index (χ4n) is 1.30. The van der Waals surface area contributed by atoms with Crippen LogP contribution in [-0.4, -0.2) is 27.9 Å². The lowest BCUT2D eigenvalue weighted by Gasteiger charge is -1.96. The molecule has 0 aromatic carbocycles. The lowest BCUT2D eigenvalue weighted by atomic mass is 10.2. The Bertz CT molecular complexity index is 427. The zero-order valence-electron chi connectivity index (χ0n) is 8.24. The van der Waals surface area contributed by atoms with Crippen LogP contribution in [0.3, 0.4) is 0 Å². The van der Waals surface area contributed by atoms with Gasteiger partial charge in [-0.25, -0.2) is 0 Å². The first kappa shape index (κ1) is 9.45. The third-order valence-electron chi connectivity index (χ3n) is 2.08. The van der Waals surface area contributed by atoms with Gasteiger partial charge in [0.05, 0.1) is 29.7 Å². The van der Waals surface area contributed by atoms with Gasteiger partial charge >= 0.3 is 0 Å². The zero-order chi connectivity index (χ0) is 10.8. The highest BCUT2D eigenvalue weighted by Gasteiger charge is 2.21. The SMILES string of the molecule is Cn1cc(N/C=C2\C(=N)CNC2=O)cn1. The fraction of sp³-hybridized carbons (Fsp3) is 0.222. The van der Waals surface area contributed by atoms with Crippen LogP contribution in [0, 0.1) is 5.41 Å². The number of nitrogens with one attached hydrogen (secondary N) is 3. The molecule has 2 heterocycles. The second-order valence-electron chi connectivity index (χ2n) is 3.27. The molecule has 1 aromatic heterocycles. The van der Waals surface area contributed by atoms with Gasteiger partial charge in [-0.1, -0.05) is 0 Å². The Balaban J connectivity index is 2.11. The van der Waals surface area contributed by atoms with E-state index in [0.29, 0.717) is 17.8 Å². The minimum atomic E-state index is -0.212. The normalized spacial score (nSPS) is 18.3. The van der Waals surface area contributed by atoms with Crippen LogP contribution >= 0.6 is 0 Å². The molecule has 2 rings (SSSR count). The maximum atomic E-state index is 11.2. The van der Waals surface area contributed by atoms with E-state index >= 15 is 0 Å². The lowest BCUT2D eigenvalue weighted by molar-refractivity contribution is -0.116. The standard InChI is InChI=1S/C9H11N5O/c1-14-5-6(2-13-14)11-3-7-8(10)4-12-9(7)15/h2-3,5,10-11H,4H2,1H3,(H,12,15)/b7-3+,10-8?. The second-order valence-corrected chi connectivity index (χ2v) is 3.27. The highest BCUT2D eigenvalue weighted by molar-refractivity contribution is 6.26. The molecule has 1 amide bonds. The van der Waals surface area contributed by atoms with Crippen molar-refractivity contribution in [3.8, 4) is 0 Å². The Labute approximate surface area is 86.5 Å². The molecule has 0 unspecified atom stereocenters. The van der Waals surface area contributed by atoms with Gasteiger partial charge in [0.2, 0.25) is 0 Å². The molecule has 1 aliphatic rings. The van der Waals surface area contributed by atoms with E-state index in [0.717, 1.165) is 5.69 Å². The lowest BCUT2D eigenvalue weighted by Crippen LogP contribution is -2.14. The van der Waals surface area contributed by atoms with Crippen LogP contribution < -0.4 is 10.6 Å². The van der Waals surface area contributed by atoms with Crippen LogP contribution in [0.15, 0.2) is 24.2 Å². The Hall–Kier alpha value is -2.11. The van der Waals surface area contributed by atoms with E-state index in [2.05, 4.69) is 15.7 Å². The maximum absolute atomic E-state index is 11.2. The summed E-state index contributed by atoms with van der Waals surface area (Å²) in [5.74, 6) is -0.212. The summed E-state index contributed by atoms with van der Waals surface area (Å²) < 4.78 is 1.65. The molecule has 0 aliphatic carbocycles. The highest BCUT2D eigenvalue weighted by atomic mass is 16.2. The number of amides is 1. The number of anilines is 1. The summed E-state index contributed by atoms with van der Waals surface area (Å²) in [5, 5.41) is 17.0. The molecule has 15 heavy (non-hydrogen) atoms. The molecule has 6 nitrogen and oxygen atoms in total. The van der Waals surface area contributed by atoms with E-state index in [-0.39, 0.29) is 5.91 Å². The molecule has 1 fully saturated rings. The van der Waals surface area contributed by atoms with Crippen molar-refractivity contribution >= 4 is 17.3 Å². The van der Waals surface area contributed by atoms with Crippen molar-refractivity contribution < 1.29 is 4.79 Å². The average molecular weight is 205 g/mol. The summed E-state index contributed by atoms with van der Waals surface area (Å²) in [5.41, 5.74) is 1.47. The van der Waals surface area contributed by atoms with Gasteiger partial charge in [0.25, 0.3) is 5.91 Å². The van der Waals surface area contributed by atoms with Crippen molar-refractivity contribution in [2.24, 2.45) is 7.05 Å². The zero-order valence-corrected chi connectivity index (χ0v) is 8.24. The van der Waals surface area contributed by atoms with Crippen LogP contribution in [0.25, 0.3) is 0 Å². The minimum Gasteiger partial charge on any atom is -0.358 e. The second kappa shape index (κ2) is 3.56. The highest BCUT2D eigenvalue weighted by Crippen LogP contribution is 2.07. The van der Waals surface area contributed by atoms with Gasteiger partial charge < -0.3 is 16.0 Å². The van der Waals surface area contributed by atoms with Crippen molar-refractivity contribution in [1.29, 1.82) is 5.41 Å². The molecule has 0 radical (unpaired) electrons. The molecule has 1 saturated heterocycles. The first-order valence-electron chi connectivity index (χ1n) is 4.48. The molecule has 0 atom stereocenters. The van der Waals surface area contributed by atoms with Crippen LogP contribution in [0.2, 0.25) is 0 Å². The minimum absolute atomic E-state index is 0.212. The van der Waals surface area contributed by atoms with Crippen molar-refractivity contribution in [1.82, 2.24) is 15.1 Å². The van der Waals surface area contributed by atoms with Crippen molar-refractivity contribution in [2.75, 3.05) is 11.9 Å². The van der Waals surface area contributed by atoms with Gasteiger partial charge in [0, 0.05) is 19.4 Å². The monoisotopic (exact) mass is 205 g/mol. The summed E-state index contributed by atoms with van der Waals surface area (Å²) >= 11 is 0. The van der Waals surface area contributed by atoms with Crippen LogP contribution in [-0.2, 0) is 11.8 Å². The number of hydrogen-bond donors (Lipinski definition) is 3. The summed E-state index contributed by atoms with van der Waals surface area (Å²) in [7, 11) is 1.81. The molecule has 0 spiro atoms. The smallest absolute Gasteiger partial charge is 0.254 e. The van der Waals surface area contributed by atoms with E-state index in [1.165, 1.54) is 6.20 Å². The van der Waals surface area contributed by atoms with Gasteiger partial charge in [0.15, 0.2) is 0 Å². The Morgan fingerprint density at radius 1 is 1.73 bits per heavy atom. The number of carbonyl (C=O) groups excluding carboxylic acids is 1. The maximum Gasteiger partial charge on any atom is 0.254 e. The molecule has 3 N–H and O–H groups in total. The first-order chi connectivity index (χ1) is 7.16. The molecule has 1 aromatic rings. The topological polar surface area (TPSA) is 82.8 Å². The van der Waals surface area contributed by atoms with Gasteiger partial charge in [-0.05, 0) is 0 Å². The molecule has 1 aliphatic heterocycles. The van der Waals surface area contributed by atoms with Crippen LogP contribution in [0.5, 0.6) is 0 Å². The van der Waals surface area contributed by atoms with Gasteiger partial charge in [0.1, 0.15) is 0 Å². The number of rotatable bonds is 2. The third-order valence-corrected chi connectivity index (χ3v) is 2.08. The van der Waals surface area contributed by atoms with E-state index in [9.17, 15) is 4.79 Å². The van der Waals surface area contributed by atoms with Crippen molar-refractivity contribution in [3.05, 3.63) is 24.2 Å². The van der Waals surface area contributed by atoms with E-state index < -0.39 is 0 Å². The molecule has 0 bridgehead atoms. The molecule has 0 saturated carbocycles. The Morgan fingerprint density at radius 2 is 2.53 bits per heavy atom. The fourth-order valence-corrected chi connectivity index (χ4v) is 1.30. The number of aryl methyl sites for hydroxylation is 1. The van der Waals surface area contributed by atoms with Crippen molar-refractivity contribution in [2.45, 2.75) is 0 Å². The number of nitrogens with zero attached hydrogens (tertiary/aromatic N) is 2. The quantitative estimate of drug-likeness (QED) is 0.588. The Kier molecular flexibility index (Phi) is 2.24. The summed E-state index contributed by atoms with van der Waals surface area (Å²) in [6.45, 7) is 0.305. The predicted molar refractivity (Wildman–Crippen MR) is 55.7 cm³/mol. The number of hydrogen-bond acceptors (Lipinski definition) is 4. The van der Waals surface area contributed by atoms with E-state index in [1.54, 1.807) is 17.1 Å². The Morgan fingerprint density at radius 3 is 3.07 bits per heavy atom. The van der Waals surface area contributed by atoms with E-state index in [4.69, 9.17) is 5.41 Å². The van der Waals surface area contributed by atoms with Gasteiger partial charge in [-0.2, -0.15) is 5.10 Å². The first-order valence-corrected chi connectivity index (χ1v) is 4.48. The van der Waals surface area contributed by atoms with Crippen LogP contribution in [0.4, 0.5) is 5.69 Å². The molecule has 6 heteroatoms. The molecular formula is C9H11N5O. The third kappa shape index (κ3) is 1.88. The number of carbonyl (C=O) groups is 1. The van der Waals surface area contributed by atoms with E-state index in [1.807, 2.05) is 7.05 Å². The summed E-state index contributed by atoms with van der Waals surface area (Å²) in [6, 6.07) is 0. The van der Waals surface area contributed by atoms with Crippen molar-refractivity contribution in [3.63, 3.8) is 0 Å². The average Bonchev–Trinajstić information content (AvgIpc) is 2.73.